The molecule has 0 spiro atoms. The Kier molecular flexibility index (Phi) is 7.31. The molecule has 0 atom stereocenters. The van der Waals surface area contributed by atoms with Gasteiger partial charge in [-0.2, -0.15) is 0 Å². The van der Waals surface area contributed by atoms with Gasteiger partial charge in [-0.3, -0.25) is 20.2 Å². The van der Waals surface area contributed by atoms with Crippen molar-refractivity contribution in [2.75, 3.05) is 0 Å². The van der Waals surface area contributed by atoms with Gasteiger partial charge in [-0.25, -0.2) is 0 Å². The maximum atomic E-state index is 10.7. The topological polar surface area (TPSA) is 105 Å². The third-order valence-electron chi connectivity index (χ3n) is 4.45. The molecule has 4 aromatic rings. The highest BCUT2D eigenvalue weighted by Gasteiger charge is 2.07. The highest BCUT2D eigenvalue weighted by Crippen LogP contribution is 2.39. The summed E-state index contributed by atoms with van der Waals surface area (Å²) in [6, 6.07) is 26.9. The van der Waals surface area contributed by atoms with Gasteiger partial charge in [0, 0.05) is 34.1 Å². The Morgan fingerprint density at radius 1 is 0.471 bits per heavy atom. The molecule has 0 radical (unpaired) electrons. The second kappa shape index (κ2) is 10.7. The smallest absolute Gasteiger partial charge is 0.269 e. The molecule has 0 fully saturated rings. The first-order valence-corrected chi connectivity index (χ1v) is 12.0. The average Bonchev–Trinajstić information content (AvgIpc) is 2.85. The van der Waals surface area contributed by atoms with E-state index in [9.17, 15) is 20.2 Å². The fourth-order valence-corrected chi connectivity index (χ4v) is 4.70. The van der Waals surface area contributed by atoms with Crippen LogP contribution in [0.5, 0.6) is 23.0 Å². The van der Waals surface area contributed by atoms with Crippen LogP contribution in [0.25, 0.3) is 0 Å². The normalized spacial score (nSPS) is 10.5. The Hall–Kier alpha value is -4.02. The van der Waals surface area contributed by atoms with Crippen LogP contribution < -0.4 is 9.47 Å². The fraction of sp³-hybridized carbons (Fsp3) is 0. The Morgan fingerprint density at radius 2 is 0.735 bits per heavy atom. The highest BCUT2D eigenvalue weighted by molar-refractivity contribution is 8.76. The lowest BCUT2D eigenvalue weighted by Gasteiger charge is -2.08. The van der Waals surface area contributed by atoms with Crippen LogP contribution >= 0.6 is 21.6 Å². The fourth-order valence-electron chi connectivity index (χ4n) is 2.77. The summed E-state index contributed by atoms with van der Waals surface area (Å²) < 4.78 is 11.5. The molecular formula is C24H16N2O6S2. The minimum absolute atomic E-state index is 0.0158. The van der Waals surface area contributed by atoms with E-state index in [-0.39, 0.29) is 11.4 Å². The van der Waals surface area contributed by atoms with Crippen LogP contribution in [0.4, 0.5) is 11.4 Å². The van der Waals surface area contributed by atoms with Crippen molar-refractivity contribution < 1.29 is 19.3 Å². The number of hydrogen-bond donors (Lipinski definition) is 0. The van der Waals surface area contributed by atoms with Gasteiger partial charge < -0.3 is 9.47 Å². The zero-order valence-corrected chi connectivity index (χ0v) is 19.0. The zero-order chi connectivity index (χ0) is 23.9. The molecule has 0 aliphatic heterocycles. The number of rotatable bonds is 9. The number of nitro benzene ring substituents is 2. The van der Waals surface area contributed by atoms with Gasteiger partial charge in [0.25, 0.3) is 11.4 Å². The molecule has 0 heterocycles. The monoisotopic (exact) mass is 492 g/mol. The molecule has 10 heteroatoms. The average molecular weight is 493 g/mol. The van der Waals surface area contributed by atoms with E-state index in [0.29, 0.717) is 23.0 Å². The van der Waals surface area contributed by atoms with Crippen molar-refractivity contribution in [3.63, 3.8) is 0 Å². The second-order valence-electron chi connectivity index (χ2n) is 6.82. The van der Waals surface area contributed by atoms with E-state index in [1.807, 2.05) is 48.5 Å². The number of nitrogens with zero attached hydrogens (tertiary/aromatic N) is 2. The van der Waals surface area contributed by atoms with E-state index >= 15 is 0 Å². The van der Waals surface area contributed by atoms with Crippen molar-refractivity contribution in [3.05, 3.63) is 117 Å². The molecular weight excluding hydrogens is 476 g/mol. The van der Waals surface area contributed by atoms with Crippen LogP contribution in [0.3, 0.4) is 0 Å². The van der Waals surface area contributed by atoms with Gasteiger partial charge in [0.1, 0.15) is 23.0 Å². The minimum Gasteiger partial charge on any atom is -0.457 e. The van der Waals surface area contributed by atoms with Crippen LogP contribution in [-0.2, 0) is 0 Å². The largest absolute Gasteiger partial charge is 0.457 e. The number of nitro groups is 2. The molecule has 0 aliphatic rings. The summed E-state index contributed by atoms with van der Waals surface area (Å²) >= 11 is 0. The molecule has 0 bridgehead atoms. The zero-order valence-electron chi connectivity index (χ0n) is 17.4. The maximum absolute atomic E-state index is 10.7. The molecule has 4 rings (SSSR count). The number of non-ortho nitro benzene ring substituents is 2. The molecule has 34 heavy (non-hydrogen) atoms. The summed E-state index contributed by atoms with van der Waals surface area (Å²) in [5, 5.41) is 21.5. The molecule has 0 N–H and O–H groups in total. The van der Waals surface area contributed by atoms with Crippen molar-refractivity contribution in [3.8, 4) is 23.0 Å². The van der Waals surface area contributed by atoms with Crippen LogP contribution in [-0.4, -0.2) is 9.85 Å². The van der Waals surface area contributed by atoms with Crippen molar-refractivity contribution >= 4 is 33.0 Å². The first-order valence-electron chi connectivity index (χ1n) is 9.85. The maximum Gasteiger partial charge on any atom is 0.269 e. The van der Waals surface area contributed by atoms with E-state index in [4.69, 9.17) is 9.47 Å². The summed E-state index contributed by atoms with van der Waals surface area (Å²) in [6.45, 7) is 0. The SMILES string of the molecule is O=[N+]([O-])c1ccc(Oc2ccc(SSc3ccc(Oc4ccc([N+](=O)[O-])cc4)cc3)cc2)cc1. The van der Waals surface area contributed by atoms with Gasteiger partial charge in [0.2, 0.25) is 0 Å². The predicted molar refractivity (Wildman–Crippen MR) is 131 cm³/mol. The van der Waals surface area contributed by atoms with Gasteiger partial charge >= 0.3 is 0 Å². The summed E-state index contributed by atoms with van der Waals surface area (Å²) in [4.78, 5) is 22.6. The quantitative estimate of drug-likeness (QED) is 0.132. The van der Waals surface area contributed by atoms with E-state index in [0.717, 1.165) is 9.79 Å². The van der Waals surface area contributed by atoms with E-state index in [2.05, 4.69) is 0 Å². The minimum atomic E-state index is -0.451. The summed E-state index contributed by atoms with van der Waals surface area (Å²) in [7, 11) is 3.18. The van der Waals surface area contributed by atoms with Gasteiger partial charge in [-0.1, -0.05) is 21.6 Å². The first-order chi connectivity index (χ1) is 16.5. The van der Waals surface area contributed by atoms with Gasteiger partial charge in [-0.15, -0.1) is 0 Å². The lowest BCUT2D eigenvalue weighted by Crippen LogP contribution is -1.88. The van der Waals surface area contributed by atoms with Crippen LogP contribution in [0, 0.1) is 20.2 Å². The predicted octanol–water partition coefficient (Wildman–Crippen LogP) is 7.89. The molecule has 8 nitrogen and oxygen atoms in total. The van der Waals surface area contributed by atoms with E-state index in [1.54, 1.807) is 45.9 Å². The van der Waals surface area contributed by atoms with Crippen molar-refractivity contribution in [1.29, 1.82) is 0 Å². The van der Waals surface area contributed by atoms with Crippen LogP contribution in [0.2, 0.25) is 0 Å². The summed E-state index contributed by atoms with van der Waals surface area (Å²) in [5.41, 5.74) is 0.0316. The van der Waals surface area contributed by atoms with Gasteiger partial charge in [0.05, 0.1) is 9.85 Å². The molecule has 0 aliphatic carbocycles. The molecule has 0 saturated heterocycles. The number of hydrogen-bond acceptors (Lipinski definition) is 8. The number of benzene rings is 4. The van der Waals surface area contributed by atoms with Crippen LogP contribution in [0.1, 0.15) is 0 Å². The number of ether oxygens (including phenoxy) is 2. The third-order valence-corrected chi connectivity index (χ3v) is 6.87. The molecule has 4 aromatic carbocycles. The van der Waals surface area contributed by atoms with Crippen LogP contribution in [0.15, 0.2) is 107 Å². The summed E-state index contributed by atoms with van der Waals surface area (Å²) in [6.07, 6.45) is 0. The first kappa shape index (κ1) is 23.1. The van der Waals surface area contributed by atoms with E-state index in [1.165, 1.54) is 24.3 Å². The Labute approximate surface area is 202 Å². The Balaban J connectivity index is 1.28. The second-order valence-corrected chi connectivity index (χ2v) is 9.09. The highest BCUT2D eigenvalue weighted by atomic mass is 33.1. The van der Waals surface area contributed by atoms with E-state index < -0.39 is 9.85 Å². The lowest BCUT2D eigenvalue weighted by atomic mass is 10.3. The lowest BCUT2D eigenvalue weighted by molar-refractivity contribution is -0.385. The van der Waals surface area contributed by atoms with Crippen molar-refractivity contribution in [1.82, 2.24) is 0 Å². The molecule has 0 saturated carbocycles. The van der Waals surface area contributed by atoms with Gasteiger partial charge in [-0.05, 0) is 72.8 Å². The molecule has 0 amide bonds. The standard InChI is InChI=1S/C24H16N2O6S2/c27-25(28)17-1-5-19(6-2-17)31-21-9-13-23(14-10-21)33-34-24-15-11-22(12-16-24)32-20-7-3-18(4-8-20)26(29)30/h1-16H. The molecule has 0 unspecified atom stereocenters. The Morgan fingerprint density at radius 3 is 1.00 bits per heavy atom. The molecule has 0 aromatic heterocycles. The van der Waals surface area contributed by atoms with Gasteiger partial charge in [0.15, 0.2) is 0 Å². The molecule has 170 valence electrons. The summed E-state index contributed by atoms with van der Waals surface area (Å²) in [5.74, 6) is 2.32. The van der Waals surface area contributed by atoms with Crippen molar-refractivity contribution in [2.24, 2.45) is 0 Å². The van der Waals surface area contributed by atoms with Crippen molar-refractivity contribution in [2.45, 2.75) is 9.79 Å². The Bertz CT molecular complexity index is 1180. The third kappa shape index (κ3) is 6.27.